The van der Waals surface area contributed by atoms with Crippen molar-refractivity contribution in [3.8, 4) is 5.75 Å². The van der Waals surface area contributed by atoms with Crippen LogP contribution in [0.3, 0.4) is 0 Å². The summed E-state index contributed by atoms with van der Waals surface area (Å²) >= 11 is 0. The lowest BCUT2D eigenvalue weighted by molar-refractivity contribution is 0.0515. The van der Waals surface area contributed by atoms with Crippen molar-refractivity contribution in [1.29, 1.82) is 0 Å². The molecule has 0 saturated heterocycles. The Hall–Kier alpha value is -2.62. The largest absolute Gasteiger partial charge is 0.496 e. The van der Waals surface area contributed by atoms with Crippen LogP contribution in [0.5, 0.6) is 5.75 Å². The molecule has 0 N–H and O–H groups in total. The molecule has 0 saturated carbocycles. The van der Waals surface area contributed by atoms with Crippen LogP contribution in [0, 0.1) is 6.92 Å². The number of nitrogens with zero attached hydrogens (tertiary/aromatic N) is 1. The molecule has 0 fully saturated rings. The minimum absolute atomic E-state index is 0.0490. The van der Waals surface area contributed by atoms with Crippen LogP contribution in [0.1, 0.15) is 66.2 Å². The standard InChI is InChI=1S/C23H27NO3/c1-15-13-19-17(14-21(15)26-5)7-6-8-20(19)24-27-22(25)16-9-11-18(12-10-16)23(2,3)4/h9-14H,6-8H2,1-5H3. The second-order valence-corrected chi connectivity index (χ2v) is 8.08. The highest BCUT2D eigenvalue weighted by Gasteiger charge is 2.20. The Bertz CT molecular complexity index is 874. The van der Waals surface area contributed by atoms with E-state index in [0.29, 0.717) is 5.56 Å². The number of rotatable bonds is 3. The first-order chi connectivity index (χ1) is 12.8. The first-order valence-corrected chi connectivity index (χ1v) is 9.36. The van der Waals surface area contributed by atoms with Gasteiger partial charge in [-0.1, -0.05) is 38.1 Å². The molecule has 2 aromatic carbocycles. The maximum absolute atomic E-state index is 12.4. The highest BCUT2D eigenvalue weighted by Crippen LogP contribution is 2.29. The monoisotopic (exact) mass is 365 g/mol. The Balaban J connectivity index is 1.79. The minimum atomic E-state index is -0.430. The second-order valence-electron chi connectivity index (χ2n) is 8.08. The number of ether oxygens (including phenoxy) is 1. The number of methoxy groups -OCH3 is 1. The van der Waals surface area contributed by atoms with E-state index < -0.39 is 5.97 Å². The van der Waals surface area contributed by atoms with Crippen molar-refractivity contribution in [3.05, 3.63) is 64.2 Å². The Morgan fingerprint density at radius 3 is 2.41 bits per heavy atom. The number of benzene rings is 2. The van der Waals surface area contributed by atoms with E-state index in [4.69, 9.17) is 9.57 Å². The lowest BCUT2D eigenvalue weighted by Gasteiger charge is -2.20. The molecule has 0 aliphatic heterocycles. The van der Waals surface area contributed by atoms with E-state index in [-0.39, 0.29) is 5.41 Å². The van der Waals surface area contributed by atoms with E-state index in [1.807, 2.05) is 19.1 Å². The van der Waals surface area contributed by atoms with Gasteiger partial charge in [0.25, 0.3) is 0 Å². The molecule has 4 nitrogen and oxygen atoms in total. The molecule has 0 spiro atoms. The van der Waals surface area contributed by atoms with Gasteiger partial charge < -0.3 is 9.57 Å². The quantitative estimate of drug-likeness (QED) is 0.555. The zero-order valence-corrected chi connectivity index (χ0v) is 16.8. The van der Waals surface area contributed by atoms with Crippen LogP contribution in [0.2, 0.25) is 0 Å². The fourth-order valence-corrected chi connectivity index (χ4v) is 3.36. The van der Waals surface area contributed by atoms with Crippen LogP contribution in [0.4, 0.5) is 0 Å². The molecule has 0 atom stereocenters. The van der Waals surface area contributed by atoms with Gasteiger partial charge in [0, 0.05) is 5.56 Å². The summed E-state index contributed by atoms with van der Waals surface area (Å²) in [6.07, 6.45) is 2.76. The lowest BCUT2D eigenvalue weighted by atomic mass is 9.87. The molecule has 4 heteroatoms. The van der Waals surface area contributed by atoms with E-state index in [2.05, 4.69) is 38.1 Å². The van der Waals surface area contributed by atoms with Crippen molar-refractivity contribution in [2.24, 2.45) is 5.16 Å². The van der Waals surface area contributed by atoms with Crippen LogP contribution >= 0.6 is 0 Å². The molecule has 1 aliphatic carbocycles. The molecule has 0 aromatic heterocycles. The number of fused-ring (bicyclic) bond motifs is 1. The smallest absolute Gasteiger partial charge is 0.365 e. The van der Waals surface area contributed by atoms with Gasteiger partial charge in [0.2, 0.25) is 0 Å². The number of carbonyl (C=O) groups is 1. The molecule has 142 valence electrons. The first kappa shape index (κ1) is 19.2. The third kappa shape index (κ3) is 4.21. The van der Waals surface area contributed by atoms with E-state index in [9.17, 15) is 4.79 Å². The van der Waals surface area contributed by atoms with Crippen LogP contribution < -0.4 is 4.74 Å². The molecule has 1 aliphatic rings. The van der Waals surface area contributed by atoms with E-state index >= 15 is 0 Å². The summed E-state index contributed by atoms with van der Waals surface area (Å²) in [5.41, 5.74) is 5.85. The number of hydrogen-bond acceptors (Lipinski definition) is 4. The Kier molecular flexibility index (Phi) is 5.36. The van der Waals surface area contributed by atoms with Crippen molar-refractivity contribution in [2.75, 3.05) is 7.11 Å². The Labute approximate surface area is 161 Å². The highest BCUT2D eigenvalue weighted by molar-refractivity contribution is 6.03. The zero-order valence-electron chi connectivity index (χ0n) is 16.8. The summed E-state index contributed by atoms with van der Waals surface area (Å²) in [6.45, 7) is 8.44. The molecular formula is C23H27NO3. The Morgan fingerprint density at radius 2 is 1.78 bits per heavy atom. The molecule has 3 rings (SSSR count). The van der Waals surface area contributed by atoms with Gasteiger partial charge in [0.1, 0.15) is 5.75 Å². The number of aryl methyl sites for hydroxylation is 2. The minimum Gasteiger partial charge on any atom is -0.496 e. The van der Waals surface area contributed by atoms with Gasteiger partial charge in [-0.2, -0.15) is 0 Å². The van der Waals surface area contributed by atoms with Crippen molar-refractivity contribution >= 4 is 11.7 Å². The maximum atomic E-state index is 12.4. The number of hydrogen-bond donors (Lipinski definition) is 0. The first-order valence-electron chi connectivity index (χ1n) is 9.36. The van der Waals surface area contributed by atoms with Crippen LogP contribution in [-0.4, -0.2) is 18.8 Å². The SMILES string of the molecule is COc1cc2c(cc1C)C(=NOC(=O)c1ccc(C(C)(C)C)cc1)CCC2. The zero-order chi connectivity index (χ0) is 19.6. The molecule has 0 amide bonds. The van der Waals surface area contributed by atoms with Crippen molar-refractivity contribution in [1.82, 2.24) is 0 Å². The summed E-state index contributed by atoms with van der Waals surface area (Å²) in [4.78, 5) is 17.6. The normalized spacial score (nSPS) is 15.4. The highest BCUT2D eigenvalue weighted by atomic mass is 16.7. The summed E-state index contributed by atoms with van der Waals surface area (Å²) in [6, 6.07) is 11.7. The topological polar surface area (TPSA) is 47.9 Å². The van der Waals surface area contributed by atoms with Gasteiger partial charge in [-0.05, 0) is 72.6 Å². The van der Waals surface area contributed by atoms with Gasteiger partial charge in [0.15, 0.2) is 0 Å². The fourth-order valence-electron chi connectivity index (χ4n) is 3.36. The van der Waals surface area contributed by atoms with Gasteiger partial charge in [0.05, 0.1) is 18.4 Å². The maximum Gasteiger partial charge on any atom is 0.365 e. The summed E-state index contributed by atoms with van der Waals surface area (Å²) in [5, 5.41) is 4.19. The van der Waals surface area contributed by atoms with E-state index in [1.54, 1.807) is 19.2 Å². The van der Waals surface area contributed by atoms with Gasteiger partial charge >= 0.3 is 5.97 Å². The average Bonchev–Trinajstić information content (AvgIpc) is 2.65. The van der Waals surface area contributed by atoms with Gasteiger partial charge in [-0.25, -0.2) is 4.79 Å². The van der Waals surface area contributed by atoms with Crippen molar-refractivity contribution in [3.63, 3.8) is 0 Å². The van der Waals surface area contributed by atoms with E-state index in [1.165, 1.54) is 11.1 Å². The predicted molar refractivity (Wildman–Crippen MR) is 108 cm³/mol. The molecule has 0 radical (unpaired) electrons. The second kappa shape index (κ2) is 7.55. The number of oxime groups is 1. The summed E-state index contributed by atoms with van der Waals surface area (Å²) in [5.74, 6) is 0.450. The molecule has 0 unspecified atom stereocenters. The third-order valence-electron chi connectivity index (χ3n) is 5.02. The fraction of sp³-hybridized carbons (Fsp3) is 0.391. The van der Waals surface area contributed by atoms with Crippen molar-refractivity contribution in [2.45, 2.75) is 52.4 Å². The average molecular weight is 365 g/mol. The molecule has 0 bridgehead atoms. The Morgan fingerprint density at radius 1 is 1.07 bits per heavy atom. The third-order valence-corrected chi connectivity index (χ3v) is 5.02. The molecular weight excluding hydrogens is 338 g/mol. The summed E-state index contributed by atoms with van der Waals surface area (Å²) in [7, 11) is 1.68. The summed E-state index contributed by atoms with van der Waals surface area (Å²) < 4.78 is 5.41. The van der Waals surface area contributed by atoms with Gasteiger partial charge in [-0.3, -0.25) is 0 Å². The molecule has 27 heavy (non-hydrogen) atoms. The van der Waals surface area contributed by atoms with Crippen LogP contribution in [0.25, 0.3) is 0 Å². The number of carbonyl (C=O) groups excluding carboxylic acids is 1. The molecule has 2 aromatic rings. The predicted octanol–water partition coefficient (Wildman–Crippen LogP) is 5.20. The van der Waals surface area contributed by atoms with Gasteiger partial charge in [-0.15, -0.1) is 0 Å². The van der Waals surface area contributed by atoms with E-state index in [0.717, 1.165) is 41.9 Å². The molecule has 0 heterocycles. The van der Waals surface area contributed by atoms with Crippen LogP contribution in [0.15, 0.2) is 41.6 Å². The van der Waals surface area contributed by atoms with Crippen molar-refractivity contribution < 1.29 is 14.4 Å². The lowest BCUT2D eigenvalue weighted by Crippen LogP contribution is -2.14. The van der Waals surface area contributed by atoms with Crippen LogP contribution in [-0.2, 0) is 16.7 Å².